The Bertz CT molecular complexity index is 500. The Morgan fingerprint density at radius 1 is 1.39 bits per heavy atom. The van der Waals surface area contributed by atoms with E-state index < -0.39 is 15.8 Å². The minimum atomic E-state index is -3.82. The van der Waals surface area contributed by atoms with Crippen LogP contribution in [0.5, 0.6) is 0 Å². The van der Waals surface area contributed by atoms with E-state index in [1.54, 1.807) is 0 Å². The van der Waals surface area contributed by atoms with E-state index in [-0.39, 0.29) is 18.0 Å². The van der Waals surface area contributed by atoms with Crippen molar-refractivity contribution in [3.05, 3.63) is 29.6 Å². The molecule has 0 fully saturated rings. The summed E-state index contributed by atoms with van der Waals surface area (Å²) in [6.07, 6.45) is 0.690. The van der Waals surface area contributed by atoms with Crippen LogP contribution in [-0.4, -0.2) is 20.1 Å². The molecular weight excluding hydrogens is 257 g/mol. The zero-order valence-electron chi connectivity index (χ0n) is 10.5. The molecular formula is C12H18FNO3S. The molecule has 4 nitrogen and oxygen atoms in total. The number of aliphatic hydroxyl groups excluding tert-OH is 1. The van der Waals surface area contributed by atoms with Crippen LogP contribution in [0.25, 0.3) is 0 Å². The maximum absolute atomic E-state index is 13.6. The summed E-state index contributed by atoms with van der Waals surface area (Å²) in [5.41, 5.74) is 0.341. The molecule has 0 aromatic heterocycles. The molecule has 0 bridgehead atoms. The van der Waals surface area contributed by atoms with Crippen LogP contribution in [0.15, 0.2) is 23.1 Å². The van der Waals surface area contributed by atoms with Gasteiger partial charge in [-0.1, -0.05) is 19.9 Å². The lowest BCUT2D eigenvalue weighted by Crippen LogP contribution is -2.26. The molecule has 0 aliphatic rings. The molecule has 1 aromatic carbocycles. The van der Waals surface area contributed by atoms with Gasteiger partial charge < -0.3 is 5.11 Å². The van der Waals surface area contributed by atoms with Crippen LogP contribution in [0.1, 0.15) is 25.8 Å². The highest BCUT2D eigenvalue weighted by Crippen LogP contribution is 2.16. The maximum atomic E-state index is 13.6. The van der Waals surface area contributed by atoms with Gasteiger partial charge in [0.15, 0.2) is 0 Å². The smallest absolute Gasteiger partial charge is 0.243 e. The second-order valence-corrected chi connectivity index (χ2v) is 6.24. The summed E-state index contributed by atoms with van der Waals surface area (Å²) in [5, 5.41) is 8.83. The van der Waals surface area contributed by atoms with E-state index in [0.717, 1.165) is 6.07 Å². The monoisotopic (exact) mass is 275 g/mol. The average Bonchev–Trinajstić information content (AvgIpc) is 2.27. The van der Waals surface area contributed by atoms with Gasteiger partial charge in [-0.3, -0.25) is 0 Å². The zero-order valence-corrected chi connectivity index (χ0v) is 11.3. The van der Waals surface area contributed by atoms with E-state index in [1.807, 2.05) is 13.8 Å². The first-order valence-electron chi connectivity index (χ1n) is 5.75. The van der Waals surface area contributed by atoms with Gasteiger partial charge in [0.05, 0.1) is 6.61 Å². The minimum absolute atomic E-state index is 0.279. The van der Waals surface area contributed by atoms with Crippen molar-refractivity contribution in [2.45, 2.75) is 31.8 Å². The standard InChI is InChI=1S/C12H18FNO3S/c1-9(2)5-6-14-18(16,17)12-4-3-10(8-15)7-11(12)13/h3-4,7,9,14-15H,5-6,8H2,1-2H3. The van der Waals surface area contributed by atoms with E-state index in [4.69, 9.17) is 5.11 Å². The normalized spacial score (nSPS) is 12.1. The zero-order chi connectivity index (χ0) is 13.8. The van der Waals surface area contributed by atoms with Crippen molar-refractivity contribution in [1.82, 2.24) is 4.72 Å². The maximum Gasteiger partial charge on any atom is 0.243 e. The van der Waals surface area contributed by atoms with E-state index >= 15 is 0 Å². The van der Waals surface area contributed by atoms with E-state index in [2.05, 4.69) is 4.72 Å². The molecule has 0 spiro atoms. The van der Waals surface area contributed by atoms with Gasteiger partial charge in [-0.15, -0.1) is 0 Å². The Morgan fingerprint density at radius 2 is 2.06 bits per heavy atom. The Balaban J connectivity index is 2.85. The van der Waals surface area contributed by atoms with Crippen molar-refractivity contribution in [2.75, 3.05) is 6.54 Å². The Kier molecular flexibility index (Phi) is 5.25. The fraction of sp³-hybridized carbons (Fsp3) is 0.500. The molecule has 0 amide bonds. The fourth-order valence-electron chi connectivity index (χ4n) is 1.42. The fourth-order valence-corrected chi connectivity index (χ4v) is 2.53. The second kappa shape index (κ2) is 6.26. The second-order valence-electron chi connectivity index (χ2n) is 4.50. The van der Waals surface area contributed by atoms with E-state index in [9.17, 15) is 12.8 Å². The summed E-state index contributed by atoms with van der Waals surface area (Å²) in [7, 11) is -3.82. The number of benzene rings is 1. The molecule has 0 aliphatic carbocycles. The first-order chi connectivity index (χ1) is 8.36. The Morgan fingerprint density at radius 3 is 2.56 bits per heavy atom. The lowest BCUT2D eigenvalue weighted by atomic mass is 10.1. The van der Waals surface area contributed by atoms with Gasteiger partial charge in [-0.05, 0) is 30.0 Å². The molecule has 0 radical (unpaired) electrons. The predicted molar refractivity (Wildman–Crippen MR) is 67.0 cm³/mol. The van der Waals surface area contributed by atoms with Crippen LogP contribution in [0, 0.1) is 11.7 Å². The first-order valence-corrected chi connectivity index (χ1v) is 7.24. The summed E-state index contributed by atoms with van der Waals surface area (Å²) in [5.74, 6) is -0.479. The molecule has 1 aromatic rings. The van der Waals surface area contributed by atoms with Gasteiger partial charge in [0.2, 0.25) is 10.0 Å². The van der Waals surface area contributed by atoms with Crippen molar-refractivity contribution in [3.8, 4) is 0 Å². The SMILES string of the molecule is CC(C)CCNS(=O)(=O)c1ccc(CO)cc1F. The number of hydrogen-bond acceptors (Lipinski definition) is 3. The molecule has 0 unspecified atom stereocenters. The summed E-state index contributed by atoms with van der Waals surface area (Å²) in [6.45, 7) is 3.91. The highest BCUT2D eigenvalue weighted by atomic mass is 32.2. The van der Waals surface area contributed by atoms with Gasteiger partial charge in [0.25, 0.3) is 0 Å². The number of halogens is 1. The molecule has 0 saturated carbocycles. The topological polar surface area (TPSA) is 66.4 Å². The average molecular weight is 275 g/mol. The first kappa shape index (κ1) is 15.1. The Labute approximate surface area is 107 Å². The summed E-state index contributed by atoms with van der Waals surface area (Å²) in [4.78, 5) is -0.386. The van der Waals surface area contributed by atoms with Crippen molar-refractivity contribution in [3.63, 3.8) is 0 Å². The van der Waals surface area contributed by atoms with Crippen LogP contribution >= 0.6 is 0 Å². The van der Waals surface area contributed by atoms with E-state index in [0.29, 0.717) is 17.9 Å². The van der Waals surface area contributed by atoms with Crippen LogP contribution in [0.2, 0.25) is 0 Å². The largest absolute Gasteiger partial charge is 0.392 e. The van der Waals surface area contributed by atoms with Gasteiger partial charge in [0, 0.05) is 6.54 Å². The number of sulfonamides is 1. The predicted octanol–water partition coefficient (Wildman–Crippen LogP) is 1.64. The third-order valence-corrected chi connectivity index (χ3v) is 3.98. The van der Waals surface area contributed by atoms with Crippen LogP contribution in [0.4, 0.5) is 4.39 Å². The van der Waals surface area contributed by atoms with Crippen LogP contribution in [-0.2, 0) is 16.6 Å². The number of hydrogen-bond donors (Lipinski definition) is 2. The number of aliphatic hydroxyl groups is 1. The highest BCUT2D eigenvalue weighted by Gasteiger charge is 2.18. The molecule has 6 heteroatoms. The summed E-state index contributed by atoms with van der Waals surface area (Å²) >= 11 is 0. The molecule has 0 atom stereocenters. The molecule has 102 valence electrons. The molecule has 18 heavy (non-hydrogen) atoms. The molecule has 0 aliphatic heterocycles. The summed E-state index contributed by atoms with van der Waals surface area (Å²) < 4.78 is 39.6. The molecule has 0 heterocycles. The van der Waals surface area contributed by atoms with Crippen molar-refractivity contribution in [1.29, 1.82) is 0 Å². The highest BCUT2D eigenvalue weighted by molar-refractivity contribution is 7.89. The van der Waals surface area contributed by atoms with Gasteiger partial charge >= 0.3 is 0 Å². The quantitative estimate of drug-likeness (QED) is 0.829. The third-order valence-electron chi connectivity index (χ3n) is 2.48. The van der Waals surface area contributed by atoms with Gasteiger partial charge in [0.1, 0.15) is 10.7 Å². The van der Waals surface area contributed by atoms with E-state index in [1.165, 1.54) is 12.1 Å². The van der Waals surface area contributed by atoms with Crippen LogP contribution < -0.4 is 4.72 Å². The lowest BCUT2D eigenvalue weighted by Gasteiger charge is -2.09. The molecule has 0 saturated heterocycles. The lowest BCUT2D eigenvalue weighted by molar-refractivity contribution is 0.281. The minimum Gasteiger partial charge on any atom is -0.392 e. The molecule has 1 rings (SSSR count). The van der Waals surface area contributed by atoms with Gasteiger partial charge in [-0.2, -0.15) is 0 Å². The van der Waals surface area contributed by atoms with Crippen molar-refractivity contribution < 1.29 is 17.9 Å². The number of rotatable bonds is 6. The van der Waals surface area contributed by atoms with Gasteiger partial charge in [-0.25, -0.2) is 17.5 Å². The summed E-state index contributed by atoms with van der Waals surface area (Å²) in [6, 6.07) is 3.58. The third kappa shape index (κ3) is 4.04. The molecule has 2 N–H and O–H groups in total. The van der Waals surface area contributed by atoms with Crippen molar-refractivity contribution >= 4 is 10.0 Å². The Hall–Kier alpha value is -0.980. The van der Waals surface area contributed by atoms with Crippen molar-refractivity contribution in [2.24, 2.45) is 5.92 Å². The number of nitrogens with one attached hydrogen (secondary N) is 1. The van der Waals surface area contributed by atoms with Crippen LogP contribution in [0.3, 0.4) is 0 Å².